The van der Waals surface area contributed by atoms with Crippen molar-refractivity contribution in [1.29, 1.82) is 0 Å². The second-order valence-electron chi connectivity index (χ2n) is 2.36. The SMILES string of the molecule is CCOC(=O)[C@H](N)c1cnccn1. The van der Waals surface area contributed by atoms with Crippen LogP contribution in [0.1, 0.15) is 18.7 Å². The van der Waals surface area contributed by atoms with Crippen LogP contribution in [0.5, 0.6) is 0 Å². The first-order valence-electron chi connectivity index (χ1n) is 3.93. The number of carbonyl (C=O) groups is 1. The van der Waals surface area contributed by atoms with Crippen LogP contribution < -0.4 is 5.73 Å². The predicted molar refractivity (Wildman–Crippen MR) is 45.6 cm³/mol. The van der Waals surface area contributed by atoms with Crippen molar-refractivity contribution in [3.63, 3.8) is 0 Å². The lowest BCUT2D eigenvalue weighted by atomic mass is 10.2. The number of esters is 1. The first-order chi connectivity index (χ1) is 6.25. The van der Waals surface area contributed by atoms with Gasteiger partial charge >= 0.3 is 5.97 Å². The molecule has 0 aliphatic rings. The van der Waals surface area contributed by atoms with Crippen molar-refractivity contribution in [3.8, 4) is 0 Å². The molecular formula is C8H11N3O2. The maximum absolute atomic E-state index is 11.1. The maximum Gasteiger partial charge on any atom is 0.329 e. The van der Waals surface area contributed by atoms with Crippen molar-refractivity contribution >= 4 is 5.97 Å². The molecule has 1 atom stereocenters. The van der Waals surface area contributed by atoms with Crippen LogP contribution in [0.3, 0.4) is 0 Å². The lowest BCUT2D eigenvalue weighted by Gasteiger charge is -2.08. The molecule has 0 aliphatic heterocycles. The van der Waals surface area contributed by atoms with E-state index < -0.39 is 12.0 Å². The van der Waals surface area contributed by atoms with E-state index in [0.29, 0.717) is 12.3 Å². The number of rotatable bonds is 3. The van der Waals surface area contributed by atoms with Gasteiger partial charge in [0.05, 0.1) is 18.5 Å². The van der Waals surface area contributed by atoms with Gasteiger partial charge in [0.1, 0.15) is 6.04 Å². The molecule has 0 amide bonds. The molecule has 13 heavy (non-hydrogen) atoms. The van der Waals surface area contributed by atoms with Crippen molar-refractivity contribution in [3.05, 3.63) is 24.3 Å². The predicted octanol–water partition coefficient (Wildman–Crippen LogP) is 0.0395. The van der Waals surface area contributed by atoms with Crippen molar-refractivity contribution in [2.75, 3.05) is 6.61 Å². The van der Waals surface area contributed by atoms with Crippen LogP contribution in [0.2, 0.25) is 0 Å². The topological polar surface area (TPSA) is 78.1 Å². The third kappa shape index (κ3) is 2.48. The Morgan fingerprint density at radius 1 is 1.69 bits per heavy atom. The number of nitrogens with two attached hydrogens (primary N) is 1. The highest BCUT2D eigenvalue weighted by molar-refractivity contribution is 5.76. The molecule has 0 fully saturated rings. The molecule has 0 aliphatic carbocycles. The van der Waals surface area contributed by atoms with Gasteiger partial charge in [-0.15, -0.1) is 0 Å². The van der Waals surface area contributed by atoms with E-state index in [1.165, 1.54) is 18.6 Å². The van der Waals surface area contributed by atoms with Gasteiger partial charge in [0.2, 0.25) is 0 Å². The van der Waals surface area contributed by atoms with E-state index in [-0.39, 0.29) is 0 Å². The summed E-state index contributed by atoms with van der Waals surface area (Å²) < 4.78 is 4.73. The number of hydrogen-bond acceptors (Lipinski definition) is 5. The third-order valence-corrected chi connectivity index (χ3v) is 1.44. The van der Waals surface area contributed by atoms with Gasteiger partial charge in [0.25, 0.3) is 0 Å². The summed E-state index contributed by atoms with van der Waals surface area (Å²) in [5, 5.41) is 0. The van der Waals surface area contributed by atoms with Gasteiger partial charge in [-0.3, -0.25) is 9.97 Å². The Balaban J connectivity index is 2.68. The van der Waals surface area contributed by atoms with Crippen LogP contribution >= 0.6 is 0 Å². The van der Waals surface area contributed by atoms with Crippen molar-refractivity contribution in [2.45, 2.75) is 13.0 Å². The standard InChI is InChI=1S/C8H11N3O2/c1-2-13-8(12)7(9)6-5-10-3-4-11-6/h3-5,7H,2,9H2,1H3/t7-/m1/s1. The van der Waals surface area contributed by atoms with Crippen LogP contribution in [-0.4, -0.2) is 22.5 Å². The molecule has 1 rings (SSSR count). The highest BCUT2D eigenvalue weighted by Crippen LogP contribution is 2.05. The zero-order valence-electron chi connectivity index (χ0n) is 7.30. The van der Waals surface area contributed by atoms with Gasteiger partial charge in [-0.2, -0.15) is 0 Å². The van der Waals surface area contributed by atoms with Crippen LogP contribution in [0.25, 0.3) is 0 Å². The summed E-state index contributed by atoms with van der Waals surface area (Å²) >= 11 is 0. The summed E-state index contributed by atoms with van der Waals surface area (Å²) in [6.07, 6.45) is 4.44. The second-order valence-corrected chi connectivity index (χ2v) is 2.36. The highest BCUT2D eigenvalue weighted by atomic mass is 16.5. The van der Waals surface area contributed by atoms with Crippen molar-refractivity contribution in [2.24, 2.45) is 5.73 Å². The van der Waals surface area contributed by atoms with Gasteiger partial charge in [0, 0.05) is 12.4 Å². The highest BCUT2D eigenvalue weighted by Gasteiger charge is 2.17. The summed E-state index contributed by atoms with van der Waals surface area (Å²) in [5.74, 6) is -0.483. The quantitative estimate of drug-likeness (QED) is 0.666. The third-order valence-electron chi connectivity index (χ3n) is 1.44. The van der Waals surface area contributed by atoms with Crippen LogP contribution in [0, 0.1) is 0 Å². The van der Waals surface area contributed by atoms with E-state index in [4.69, 9.17) is 10.5 Å². The lowest BCUT2D eigenvalue weighted by Crippen LogP contribution is -2.24. The Morgan fingerprint density at radius 3 is 3.00 bits per heavy atom. The molecule has 0 radical (unpaired) electrons. The zero-order valence-corrected chi connectivity index (χ0v) is 7.30. The van der Waals surface area contributed by atoms with E-state index in [1.54, 1.807) is 6.92 Å². The molecule has 0 unspecified atom stereocenters. The van der Waals surface area contributed by atoms with Crippen molar-refractivity contribution in [1.82, 2.24) is 9.97 Å². The molecular weight excluding hydrogens is 170 g/mol. The molecule has 5 nitrogen and oxygen atoms in total. The van der Waals surface area contributed by atoms with Crippen LogP contribution in [0.15, 0.2) is 18.6 Å². The monoisotopic (exact) mass is 181 g/mol. The molecule has 1 heterocycles. The summed E-state index contributed by atoms with van der Waals surface area (Å²) in [6, 6.07) is -0.839. The van der Waals surface area contributed by atoms with E-state index >= 15 is 0 Å². The fraction of sp³-hybridized carbons (Fsp3) is 0.375. The Hall–Kier alpha value is -1.49. The van der Waals surface area contributed by atoms with Gasteiger partial charge in [-0.05, 0) is 6.92 Å². The summed E-state index contributed by atoms with van der Waals surface area (Å²) in [7, 11) is 0. The lowest BCUT2D eigenvalue weighted by molar-refractivity contribution is -0.144. The number of nitrogens with zero attached hydrogens (tertiary/aromatic N) is 2. The maximum atomic E-state index is 11.1. The molecule has 0 spiro atoms. The minimum atomic E-state index is -0.839. The minimum Gasteiger partial charge on any atom is -0.465 e. The number of aromatic nitrogens is 2. The van der Waals surface area contributed by atoms with E-state index in [9.17, 15) is 4.79 Å². The van der Waals surface area contributed by atoms with E-state index in [2.05, 4.69) is 9.97 Å². The summed E-state index contributed by atoms with van der Waals surface area (Å²) in [5.41, 5.74) is 5.97. The first kappa shape index (κ1) is 9.60. The summed E-state index contributed by atoms with van der Waals surface area (Å²) in [6.45, 7) is 2.04. The molecule has 1 aromatic heterocycles. The Kier molecular flexibility index (Phi) is 3.33. The van der Waals surface area contributed by atoms with Crippen LogP contribution in [0.4, 0.5) is 0 Å². The van der Waals surface area contributed by atoms with E-state index in [1.807, 2.05) is 0 Å². The molecule has 2 N–H and O–H groups in total. The Labute approximate surface area is 75.9 Å². The Morgan fingerprint density at radius 2 is 2.46 bits per heavy atom. The average molecular weight is 181 g/mol. The van der Waals surface area contributed by atoms with Gasteiger partial charge < -0.3 is 10.5 Å². The number of ether oxygens (including phenoxy) is 1. The summed E-state index contributed by atoms with van der Waals surface area (Å²) in [4.78, 5) is 18.8. The molecule has 0 bridgehead atoms. The molecule has 1 aromatic rings. The smallest absolute Gasteiger partial charge is 0.329 e. The fourth-order valence-electron chi connectivity index (χ4n) is 0.824. The van der Waals surface area contributed by atoms with Gasteiger partial charge in [-0.25, -0.2) is 4.79 Å². The minimum absolute atomic E-state index is 0.312. The van der Waals surface area contributed by atoms with Crippen molar-refractivity contribution < 1.29 is 9.53 Å². The van der Waals surface area contributed by atoms with E-state index in [0.717, 1.165) is 0 Å². The molecule has 0 saturated carbocycles. The number of carbonyl (C=O) groups excluding carboxylic acids is 1. The van der Waals surface area contributed by atoms with Crippen LogP contribution in [-0.2, 0) is 9.53 Å². The Bertz CT molecular complexity index is 276. The molecule has 0 aromatic carbocycles. The molecule has 0 saturated heterocycles. The average Bonchev–Trinajstić information content (AvgIpc) is 2.18. The zero-order chi connectivity index (χ0) is 9.68. The fourth-order valence-corrected chi connectivity index (χ4v) is 0.824. The second kappa shape index (κ2) is 4.51. The molecule has 70 valence electrons. The first-order valence-corrected chi connectivity index (χ1v) is 3.93. The largest absolute Gasteiger partial charge is 0.465 e. The number of hydrogen-bond donors (Lipinski definition) is 1. The van der Waals surface area contributed by atoms with Gasteiger partial charge in [0.15, 0.2) is 0 Å². The normalized spacial score (nSPS) is 12.2. The molecule has 5 heteroatoms. The van der Waals surface area contributed by atoms with Gasteiger partial charge in [-0.1, -0.05) is 0 Å².